The maximum atomic E-state index is 11.3. The molecule has 3 nitrogen and oxygen atoms in total. The number of hydrogen-bond acceptors (Lipinski definition) is 2. The molecule has 0 aliphatic rings. The van der Waals surface area contributed by atoms with E-state index in [0.717, 1.165) is 16.6 Å². The van der Waals surface area contributed by atoms with Crippen LogP contribution in [0.3, 0.4) is 0 Å². The molecular formula is C10H10N2O. The van der Waals surface area contributed by atoms with Crippen molar-refractivity contribution in [3.63, 3.8) is 0 Å². The first-order chi connectivity index (χ1) is 6.18. The van der Waals surface area contributed by atoms with Gasteiger partial charge in [0.15, 0.2) is 5.78 Å². The first kappa shape index (κ1) is 7.98. The Kier molecular flexibility index (Phi) is 1.65. The zero-order chi connectivity index (χ0) is 9.42. The molecule has 1 aromatic carbocycles. The fraction of sp³-hybridized carbons (Fsp3) is 0.200. The van der Waals surface area contributed by atoms with Crippen LogP contribution >= 0.6 is 0 Å². The van der Waals surface area contributed by atoms with Crippen LogP contribution in [0.25, 0.3) is 11.0 Å². The second-order valence-electron chi connectivity index (χ2n) is 3.17. The highest BCUT2D eigenvalue weighted by molar-refractivity contribution is 6.05. The number of hydrogen-bond donors (Lipinski definition) is 1. The lowest BCUT2D eigenvalue weighted by atomic mass is 10.1. The molecule has 0 aliphatic heterocycles. The van der Waals surface area contributed by atoms with Crippen molar-refractivity contribution in [2.24, 2.45) is 0 Å². The maximum absolute atomic E-state index is 11.3. The van der Waals surface area contributed by atoms with E-state index in [2.05, 4.69) is 9.97 Å². The van der Waals surface area contributed by atoms with Gasteiger partial charge in [-0.3, -0.25) is 4.79 Å². The normalized spacial score (nSPS) is 10.6. The predicted octanol–water partition coefficient (Wildman–Crippen LogP) is 2.07. The molecule has 2 rings (SSSR count). The molecule has 2 aromatic rings. The molecule has 66 valence electrons. The van der Waals surface area contributed by atoms with Crippen molar-refractivity contribution in [3.05, 3.63) is 29.6 Å². The molecule has 3 heteroatoms. The van der Waals surface area contributed by atoms with Gasteiger partial charge >= 0.3 is 0 Å². The molecule has 1 heterocycles. The molecule has 1 N–H and O–H groups in total. The highest BCUT2D eigenvalue weighted by atomic mass is 16.1. The van der Waals surface area contributed by atoms with E-state index in [4.69, 9.17) is 0 Å². The number of aryl methyl sites for hydroxylation is 1. The Hall–Kier alpha value is -1.64. The highest BCUT2D eigenvalue weighted by Gasteiger charge is 2.08. The van der Waals surface area contributed by atoms with E-state index in [-0.39, 0.29) is 5.78 Å². The van der Waals surface area contributed by atoms with Gasteiger partial charge in [0.1, 0.15) is 0 Å². The van der Waals surface area contributed by atoms with Crippen LogP contribution in [0.15, 0.2) is 18.5 Å². The van der Waals surface area contributed by atoms with Gasteiger partial charge in [0.05, 0.1) is 17.4 Å². The van der Waals surface area contributed by atoms with Crippen molar-refractivity contribution in [2.75, 3.05) is 0 Å². The van der Waals surface area contributed by atoms with Crippen LogP contribution in [0.1, 0.15) is 22.8 Å². The number of rotatable bonds is 1. The van der Waals surface area contributed by atoms with Crippen LogP contribution < -0.4 is 0 Å². The third-order valence-electron chi connectivity index (χ3n) is 2.05. The fourth-order valence-electron chi connectivity index (χ4n) is 1.46. The molecule has 0 saturated carbocycles. The zero-order valence-electron chi connectivity index (χ0n) is 7.59. The van der Waals surface area contributed by atoms with E-state index in [9.17, 15) is 4.79 Å². The third kappa shape index (κ3) is 1.22. The van der Waals surface area contributed by atoms with Crippen molar-refractivity contribution in [1.82, 2.24) is 9.97 Å². The van der Waals surface area contributed by atoms with Crippen molar-refractivity contribution in [1.29, 1.82) is 0 Å². The SMILES string of the molecule is CC(=O)c1cc(C)cc2[nH]cnc12. The number of aromatic nitrogens is 2. The number of fused-ring (bicyclic) bond motifs is 1. The number of imidazole rings is 1. The summed E-state index contributed by atoms with van der Waals surface area (Å²) in [4.78, 5) is 18.4. The van der Waals surface area contributed by atoms with Crippen LogP contribution in [-0.4, -0.2) is 15.8 Å². The summed E-state index contributed by atoms with van der Waals surface area (Å²) in [6.07, 6.45) is 1.61. The Balaban J connectivity index is 2.84. The van der Waals surface area contributed by atoms with E-state index < -0.39 is 0 Å². The summed E-state index contributed by atoms with van der Waals surface area (Å²) in [5.41, 5.74) is 3.45. The lowest BCUT2D eigenvalue weighted by Gasteiger charge is -1.99. The molecule has 0 spiro atoms. The minimum Gasteiger partial charge on any atom is -0.345 e. The van der Waals surface area contributed by atoms with Gasteiger partial charge in [-0.05, 0) is 31.5 Å². The highest BCUT2D eigenvalue weighted by Crippen LogP contribution is 2.17. The summed E-state index contributed by atoms with van der Waals surface area (Å²) < 4.78 is 0. The second kappa shape index (κ2) is 2.69. The number of nitrogens with zero attached hydrogens (tertiary/aromatic N) is 1. The molecular weight excluding hydrogens is 164 g/mol. The largest absolute Gasteiger partial charge is 0.345 e. The third-order valence-corrected chi connectivity index (χ3v) is 2.05. The average Bonchev–Trinajstić information content (AvgIpc) is 2.49. The molecule has 0 fully saturated rings. The average molecular weight is 174 g/mol. The number of ketones is 1. The summed E-state index contributed by atoms with van der Waals surface area (Å²) in [6, 6.07) is 3.85. The number of nitrogens with one attached hydrogen (secondary N) is 1. The molecule has 0 atom stereocenters. The summed E-state index contributed by atoms with van der Waals surface area (Å²) in [5.74, 6) is 0.0563. The summed E-state index contributed by atoms with van der Waals surface area (Å²) in [7, 11) is 0. The van der Waals surface area contributed by atoms with Gasteiger partial charge in [0.2, 0.25) is 0 Å². The van der Waals surface area contributed by atoms with E-state index >= 15 is 0 Å². The predicted molar refractivity (Wildman–Crippen MR) is 50.8 cm³/mol. The topological polar surface area (TPSA) is 45.8 Å². The number of Topliss-reactive ketones (excluding diaryl/α,β-unsaturated/α-hetero) is 1. The van der Waals surface area contributed by atoms with E-state index in [1.165, 1.54) is 0 Å². The van der Waals surface area contributed by atoms with Crippen LogP contribution in [0, 0.1) is 6.92 Å². The van der Waals surface area contributed by atoms with Crippen molar-refractivity contribution >= 4 is 16.8 Å². The van der Waals surface area contributed by atoms with Gasteiger partial charge in [-0.25, -0.2) is 4.98 Å². The Morgan fingerprint density at radius 2 is 2.23 bits per heavy atom. The van der Waals surface area contributed by atoms with Crippen LogP contribution in [0.2, 0.25) is 0 Å². The first-order valence-corrected chi connectivity index (χ1v) is 4.13. The lowest BCUT2D eigenvalue weighted by molar-refractivity contribution is 0.101. The van der Waals surface area contributed by atoms with Gasteiger partial charge in [-0.2, -0.15) is 0 Å². The molecule has 0 saturated heterocycles. The smallest absolute Gasteiger partial charge is 0.162 e. The van der Waals surface area contributed by atoms with Gasteiger partial charge in [0.25, 0.3) is 0 Å². The molecule has 0 radical (unpaired) electrons. The van der Waals surface area contributed by atoms with E-state index in [1.807, 2.05) is 19.1 Å². The zero-order valence-corrected chi connectivity index (χ0v) is 7.59. The van der Waals surface area contributed by atoms with E-state index in [0.29, 0.717) is 5.56 Å². The quantitative estimate of drug-likeness (QED) is 0.673. The number of H-pyrrole nitrogens is 1. The van der Waals surface area contributed by atoms with Crippen molar-refractivity contribution < 1.29 is 4.79 Å². The Morgan fingerprint density at radius 3 is 2.92 bits per heavy atom. The standard InChI is InChI=1S/C10H10N2O/c1-6-3-8(7(2)13)10-9(4-6)11-5-12-10/h3-5H,1-2H3,(H,11,12). The molecule has 0 unspecified atom stereocenters. The Morgan fingerprint density at radius 1 is 1.46 bits per heavy atom. The fourth-order valence-corrected chi connectivity index (χ4v) is 1.46. The molecule has 1 aromatic heterocycles. The summed E-state index contributed by atoms with van der Waals surface area (Å²) in [5, 5.41) is 0. The van der Waals surface area contributed by atoms with Crippen molar-refractivity contribution in [3.8, 4) is 0 Å². The number of benzene rings is 1. The van der Waals surface area contributed by atoms with Gasteiger partial charge in [0, 0.05) is 5.56 Å². The summed E-state index contributed by atoms with van der Waals surface area (Å²) in [6.45, 7) is 3.52. The Labute approximate surface area is 75.8 Å². The van der Waals surface area contributed by atoms with Crippen LogP contribution in [0.5, 0.6) is 0 Å². The lowest BCUT2D eigenvalue weighted by Crippen LogP contribution is -1.94. The molecule has 0 aliphatic carbocycles. The van der Waals surface area contributed by atoms with E-state index in [1.54, 1.807) is 13.3 Å². The van der Waals surface area contributed by atoms with Crippen LogP contribution in [-0.2, 0) is 0 Å². The first-order valence-electron chi connectivity index (χ1n) is 4.13. The van der Waals surface area contributed by atoms with Gasteiger partial charge < -0.3 is 4.98 Å². The molecule has 0 amide bonds. The summed E-state index contributed by atoms with van der Waals surface area (Å²) >= 11 is 0. The number of carbonyl (C=O) groups excluding carboxylic acids is 1. The maximum Gasteiger partial charge on any atom is 0.162 e. The molecule has 13 heavy (non-hydrogen) atoms. The van der Waals surface area contributed by atoms with Gasteiger partial charge in [-0.1, -0.05) is 0 Å². The van der Waals surface area contributed by atoms with Crippen molar-refractivity contribution in [2.45, 2.75) is 13.8 Å². The molecule has 0 bridgehead atoms. The monoisotopic (exact) mass is 174 g/mol. The minimum atomic E-state index is 0.0563. The van der Waals surface area contributed by atoms with Gasteiger partial charge in [-0.15, -0.1) is 0 Å². The Bertz CT molecular complexity index is 471. The number of aromatic amines is 1. The second-order valence-corrected chi connectivity index (χ2v) is 3.17. The number of carbonyl (C=O) groups is 1. The van der Waals surface area contributed by atoms with Crippen LogP contribution in [0.4, 0.5) is 0 Å². The minimum absolute atomic E-state index is 0.0563.